The van der Waals surface area contributed by atoms with E-state index < -0.39 is 11.8 Å². The molecular weight excluding hydrogens is 332 g/mol. The molecule has 0 atom stereocenters. The van der Waals surface area contributed by atoms with Crippen molar-refractivity contribution in [3.05, 3.63) is 71.9 Å². The standard InChI is InChI=1S/C19H14N4O3/c20-11-13-6-8-15(9-7-13)26-12-17(24)22-23-19(25)16-5-1-3-14-4-2-10-21-18(14)16/h1-10H,12H2,(H,22,24)(H,23,25). The number of benzene rings is 2. The Morgan fingerprint density at radius 1 is 1.04 bits per heavy atom. The van der Waals surface area contributed by atoms with E-state index in [2.05, 4.69) is 15.8 Å². The number of carbonyl (C=O) groups excluding carboxylic acids is 2. The highest BCUT2D eigenvalue weighted by Crippen LogP contribution is 2.15. The number of rotatable bonds is 4. The summed E-state index contributed by atoms with van der Waals surface area (Å²) in [5.41, 5.74) is 6.05. The van der Waals surface area contributed by atoms with E-state index in [-0.39, 0.29) is 6.61 Å². The van der Waals surface area contributed by atoms with Gasteiger partial charge in [0.05, 0.1) is 22.7 Å². The lowest BCUT2D eigenvalue weighted by atomic mass is 10.1. The van der Waals surface area contributed by atoms with Crippen molar-refractivity contribution in [1.29, 1.82) is 5.26 Å². The van der Waals surface area contributed by atoms with Crippen molar-refractivity contribution in [2.45, 2.75) is 0 Å². The number of hydrogen-bond acceptors (Lipinski definition) is 5. The van der Waals surface area contributed by atoms with Gasteiger partial charge in [-0.2, -0.15) is 5.26 Å². The summed E-state index contributed by atoms with van der Waals surface area (Å²) in [4.78, 5) is 28.3. The molecule has 0 fully saturated rings. The Morgan fingerprint density at radius 3 is 2.58 bits per heavy atom. The van der Waals surface area contributed by atoms with E-state index in [4.69, 9.17) is 10.00 Å². The molecule has 0 saturated carbocycles. The topological polar surface area (TPSA) is 104 Å². The van der Waals surface area contributed by atoms with Crippen LogP contribution in [0.5, 0.6) is 5.75 Å². The van der Waals surface area contributed by atoms with Gasteiger partial charge in [0.1, 0.15) is 5.75 Å². The van der Waals surface area contributed by atoms with Crippen LogP contribution in [0.3, 0.4) is 0 Å². The number of amides is 2. The zero-order valence-electron chi connectivity index (χ0n) is 13.6. The zero-order valence-corrected chi connectivity index (χ0v) is 13.6. The van der Waals surface area contributed by atoms with E-state index in [1.807, 2.05) is 18.2 Å². The highest BCUT2D eigenvalue weighted by atomic mass is 16.5. The number of pyridine rings is 1. The molecule has 0 aliphatic heterocycles. The summed E-state index contributed by atoms with van der Waals surface area (Å²) in [6.45, 7) is -0.278. The molecule has 3 rings (SSSR count). The SMILES string of the molecule is N#Cc1ccc(OCC(=O)NNC(=O)c2cccc3cccnc23)cc1. The van der Waals surface area contributed by atoms with Crippen molar-refractivity contribution < 1.29 is 14.3 Å². The average Bonchev–Trinajstić information content (AvgIpc) is 2.70. The van der Waals surface area contributed by atoms with Gasteiger partial charge in [-0.15, -0.1) is 0 Å². The lowest BCUT2D eigenvalue weighted by Gasteiger charge is -2.10. The number of aromatic nitrogens is 1. The number of nitrogens with one attached hydrogen (secondary N) is 2. The number of hydrogen-bond donors (Lipinski definition) is 2. The largest absolute Gasteiger partial charge is 0.484 e. The fraction of sp³-hybridized carbons (Fsp3) is 0.0526. The van der Waals surface area contributed by atoms with Crippen molar-refractivity contribution in [2.24, 2.45) is 0 Å². The van der Waals surface area contributed by atoms with Crippen LogP contribution in [0.2, 0.25) is 0 Å². The Kier molecular flexibility index (Phi) is 5.05. The van der Waals surface area contributed by atoms with Crippen molar-refractivity contribution in [3.8, 4) is 11.8 Å². The maximum Gasteiger partial charge on any atom is 0.276 e. The molecule has 2 amide bonds. The molecule has 1 aromatic heterocycles. The van der Waals surface area contributed by atoms with E-state index >= 15 is 0 Å². The van der Waals surface area contributed by atoms with Gasteiger partial charge in [-0.1, -0.05) is 18.2 Å². The predicted octanol–water partition coefficient (Wildman–Crippen LogP) is 1.95. The molecule has 2 aromatic carbocycles. The van der Waals surface area contributed by atoms with Crippen LogP contribution in [-0.2, 0) is 4.79 Å². The summed E-state index contributed by atoms with van der Waals surface area (Å²) in [5.74, 6) is -0.541. The van der Waals surface area contributed by atoms with Crippen LogP contribution >= 0.6 is 0 Å². The third kappa shape index (κ3) is 3.94. The van der Waals surface area contributed by atoms with Crippen molar-refractivity contribution >= 4 is 22.7 Å². The molecule has 0 radical (unpaired) electrons. The number of nitriles is 1. The Bertz CT molecular complexity index is 988. The second-order valence-electron chi connectivity index (χ2n) is 5.31. The maximum atomic E-state index is 12.3. The molecule has 0 spiro atoms. The lowest BCUT2D eigenvalue weighted by molar-refractivity contribution is -0.123. The summed E-state index contributed by atoms with van der Waals surface area (Å²) in [5, 5.41) is 9.56. The first-order chi connectivity index (χ1) is 12.7. The minimum atomic E-state index is -0.518. The molecule has 0 bridgehead atoms. The Morgan fingerprint density at radius 2 is 1.81 bits per heavy atom. The van der Waals surface area contributed by atoms with Crippen molar-refractivity contribution in [2.75, 3.05) is 6.61 Å². The van der Waals surface area contributed by atoms with Crippen LogP contribution in [0.15, 0.2) is 60.8 Å². The monoisotopic (exact) mass is 346 g/mol. The number of hydrazine groups is 1. The first-order valence-corrected chi connectivity index (χ1v) is 7.73. The fourth-order valence-corrected chi connectivity index (χ4v) is 2.29. The van der Waals surface area contributed by atoms with Crippen LogP contribution in [0, 0.1) is 11.3 Å². The highest BCUT2D eigenvalue weighted by Gasteiger charge is 2.12. The Balaban J connectivity index is 1.55. The van der Waals surface area contributed by atoms with Gasteiger partial charge in [0.25, 0.3) is 11.8 Å². The molecule has 3 aromatic rings. The summed E-state index contributed by atoms with van der Waals surface area (Å²) in [7, 11) is 0. The normalized spacial score (nSPS) is 9.96. The number of nitrogens with zero attached hydrogens (tertiary/aromatic N) is 2. The van der Waals surface area contributed by atoms with E-state index in [1.54, 1.807) is 48.7 Å². The van der Waals surface area contributed by atoms with Gasteiger partial charge in [0.15, 0.2) is 6.61 Å². The average molecular weight is 346 g/mol. The van der Waals surface area contributed by atoms with E-state index in [0.717, 1.165) is 5.39 Å². The molecule has 128 valence electrons. The molecule has 1 heterocycles. The molecule has 2 N–H and O–H groups in total. The van der Waals surface area contributed by atoms with Gasteiger partial charge in [-0.05, 0) is 36.4 Å². The maximum absolute atomic E-state index is 12.3. The predicted molar refractivity (Wildman–Crippen MR) is 94.0 cm³/mol. The third-order valence-electron chi connectivity index (χ3n) is 3.55. The molecule has 0 unspecified atom stereocenters. The molecule has 7 heteroatoms. The molecule has 0 saturated heterocycles. The smallest absolute Gasteiger partial charge is 0.276 e. The van der Waals surface area contributed by atoms with Crippen LogP contribution in [0.25, 0.3) is 10.9 Å². The molecule has 26 heavy (non-hydrogen) atoms. The van der Waals surface area contributed by atoms with Crippen LogP contribution in [0.4, 0.5) is 0 Å². The van der Waals surface area contributed by atoms with Crippen molar-refractivity contribution in [3.63, 3.8) is 0 Å². The summed E-state index contributed by atoms with van der Waals surface area (Å²) >= 11 is 0. The summed E-state index contributed by atoms with van der Waals surface area (Å²) in [6.07, 6.45) is 1.60. The number of fused-ring (bicyclic) bond motifs is 1. The molecule has 0 aliphatic rings. The van der Waals surface area contributed by atoms with E-state index in [9.17, 15) is 9.59 Å². The van der Waals surface area contributed by atoms with Gasteiger partial charge in [0, 0.05) is 11.6 Å². The molecule has 7 nitrogen and oxygen atoms in total. The van der Waals surface area contributed by atoms with E-state index in [0.29, 0.717) is 22.4 Å². The van der Waals surface area contributed by atoms with Gasteiger partial charge in [-0.3, -0.25) is 25.4 Å². The molecule has 0 aliphatic carbocycles. The number of carbonyl (C=O) groups is 2. The number of ether oxygens (including phenoxy) is 1. The first kappa shape index (κ1) is 16.9. The van der Waals surface area contributed by atoms with Gasteiger partial charge in [-0.25, -0.2) is 0 Å². The minimum absolute atomic E-state index is 0.278. The van der Waals surface area contributed by atoms with Gasteiger partial charge < -0.3 is 4.74 Å². The summed E-state index contributed by atoms with van der Waals surface area (Å²) < 4.78 is 5.29. The highest BCUT2D eigenvalue weighted by molar-refractivity contribution is 6.05. The second-order valence-corrected chi connectivity index (χ2v) is 5.31. The third-order valence-corrected chi connectivity index (χ3v) is 3.55. The zero-order chi connectivity index (χ0) is 18.4. The van der Waals surface area contributed by atoms with Crippen LogP contribution in [-0.4, -0.2) is 23.4 Å². The first-order valence-electron chi connectivity index (χ1n) is 7.73. The Hall–Kier alpha value is -3.92. The van der Waals surface area contributed by atoms with Crippen LogP contribution < -0.4 is 15.6 Å². The Labute approximate surface area is 149 Å². The minimum Gasteiger partial charge on any atom is -0.484 e. The lowest BCUT2D eigenvalue weighted by Crippen LogP contribution is -2.43. The van der Waals surface area contributed by atoms with Gasteiger partial charge >= 0.3 is 0 Å². The van der Waals surface area contributed by atoms with Crippen molar-refractivity contribution in [1.82, 2.24) is 15.8 Å². The van der Waals surface area contributed by atoms with Gasteiger partial charge in [0.2, 0.25) is 0 Å². The van der Waals surface area contributed by atoms with E-state index in [1.165, 1.54) is 0 Å². The molecular formula is C19H14N4O3. The quantitative estimate of drug-likeness (QED) is 0.703. The number of para-hydroxylation sites is 1. The second kappa shape index (κ2) is 7.77. The van der Waals surface area contributed by atoms with Crippen LogP contribution in [0.1, 0.15) is 15.9 Å². The summed E-state index contributed by atoms with van der Waals surface area (Å²) in [6, 6.07) is 17.2. The fourth-order valence-electron chi connectivity index (χ4n) is 2.29.